The van der Waals surface area contributed by atoms with Gasteiger partial charge in [0.05, 0.1) is 24.8 Å². The van der Waals surface area contributed by atoms with Gasteiger partial charge in [-0.05, 0) is 65.7 Å². The number of methoxy groups -OCH3 is 2. The number of hydrazone groups is 1. The van der Waals surface area contributed by atoms with E-state index in [4.69, 9.17) is 9.47 Å². The van der Waals surface area contributed by atoms with Gasteiger partial charge in [-0.3, -0.25) is 4.79 Å². The Hall–Kier alpha value is -4.37. The Kier molecular flexibility index (Phi) is 7.21. The molecule has 0 aliphatic heterocycles. The number of nitrogens with zero attached hydrogens (tertiary/aromatic N) is 1. The zero-order valence-corrected chi connectivity index (χ0v) is 20.8. The molecule has 0 spiro atoms. The van der Waals surface area contributed by atoms with Gasteiger partial charge in [-0.25, -0.2) is 0 Å². The van der Waals surface area contributed by atoms with Crippen molar-refractivity contribution >= 4 is 38.1 Å². The third kappa shape index (κ3) is 5.47. The fourth-order valence-corrected chi connectivity index (χ4v) is 4.45. The molecule has 0 aliphatic carbocycles. The Morgan fingerprint density at radius 2 is 1.44 bits per heavy atom. The Morgan fingerprint density at radius 1 is 0.778 bits per heavy atom. The second-order valence-electron chi connectivity index (χ2n) is 7.90. The van der Waals surface area contributed by atoms with Crippen LogP contribution in [0.25, 0.3) is 10.8 Å². The highest BCUT2D eigenvalue weighted by atomic mass is 32.2. The summed E-state index contributed by atoms with van der Waals surface area (Å²) in [6.07, 6.45) is 0. The van der Waals surface area contributed by atoms with Crippen LogP contribution in [-0.2, 0) is 10.0 Å². The van der Waals surface area contributed by atoms with E-state index in [1.54, 1.807) is 67.6 Å². The Balaban J connectivity index is 1.44. The first-order chi connectivity index (χ1) is 17.3. The molecule has 0 aromatic heterocycles. The topological polar surface area (TPSA) is 106 Å². The van der Waals surface area contributed by atoms with Gasteiger partial charge in [0.15, 0.2) is 11.5 Å². The molecule has 0 aliphatic rings. The highest BCUT2D eigenvalue weighted by Gasteiger charge is 2.14. The lowest BCUT2D eigenvalue weighted by molar-refractivity contribution is 0.102. The van der Waals surface area contributed by atoms with Crippen LogP contribution < -0.4 is 19.6 Å². The Bertz CT molecular complexity index is 1550. The van der Waals surface area contributed by atoms with Crippen LogP contribution in [0.15, 0.2) is 94.9 Å². The first-order valence-electron chi connectivity index (χ1n) is 11.0. The van der Waals surface area contributed by atoms with Gasteiger partial charge in [0.1, 0.15) is 0 Å². The maximum Gasteiger partial charge on any atom is 0.276 e. The van der Waals surface area contributed by atoms with Crippen molar-refractivity contribution in [2.45, 2.75) is 11.8 Å². The van der Waals surface area contributed by atoms with E-state index < -0.39 is 10.0 Å². The monoisotopic (exact) mass is 503 g/mol. The maximum atomic E-state index is 12.7. The van der Waals surface area contributed by atoms with E-state index in [-0.39, 0.29) is 10.8 Å². The molecule has 4 aromatic carbocycles. The van der Waals surface area contributed by atoms with Gasteiger partial charge < -0.3 is 14.8 Å². The summed E-state index contributed by atoms with van der Waals surface area (Å²) in [7, 11) is -0.803. The molecular weight excluding hydrogens is 478 g/mol. The van der Waals surface area contributed by atoms with Crippen molar-refractivity contribution in [1.29, 1.82) is 0 Å². The minimum atomic E-state index is -3.83. The predicted molar refractivity (Wildman–Crippen MR) is 140 cm³/mol. The van der Waals surface area contributed by atoms with Crippen molar-refractivity contribution in [1.82, 2.24) is 4.83 Å². The molecule has 1 amide bonds. The van der Waals surface area contributed by atoms with Crippen LogP contribution in [0.1, 0.15) is 22.8 Å². The van der Waals surface area contributed by atoms with Crippen molar-refractivity contribution < 1.29 is 22.7 Å². The number of carbonyl (C=O) groups excluding carboxylic acids is 1. The van der Waals surface area contributed by atoms with Crippen molar-refractivity contribution in [2.24, 2.45) is 5.10 Å². The number of hydrogen-bond donors (Lipinski definition) is 2. The molecule has 0 fully saturated rings. The highest BCUT2D eigenvalue weighted by Crippen LogP contribution is 2.28. The lowest BCUT2D eigenvalue weighted by Gasteiger charge is -2.10. The van der Waals surface area contributed by atoms with Gasteiger partial charge in [0, 0.05) is 11.3 Å². The van der Waals surface area contributed by atoms with E-state index in [1.807, 2.05) is 24.3 Å². The Morgan fingerprint density at radius 3 is 2.14 bits per heavy atom. The molecular formula is C27H25N3O5S. The van der Waals surface area contributed by atoms with Crippen LogP contribution in [-0.4, -0.2) is 34.3 Å². The SMILES string of the molecule is COc1ccc(C(=O)Nc2ccc(C(C)=NNS(=O)(=O)c3ccc4ccccc4c3)cc2)cc1OC. The summed E-state index contributed by atoms with van der Waals surface area (Å²) in [5, 5.41) is 8.66. The van der Waals surface area contributed by atoms with Crippen molar-refractivity contribution in [3.8, 4) is 11.5 Å². The molecule has 4 rings (SSSR count). The first kappa shape index (κ1) is 24.7. The zero-order chi connectivity index (χ0) is 25.7. The van der Waals surface area contributed by atoms with E-state index in [2.05, 4.69) is 15.2 Å². The number of rotatable bonds is 8. The number of carbonyl (C=O) groups is 1. The van der Waals surface area contributed by atoms with Gasteiger partial charge in [0.2, 0.25) is 0 Å². The molecule has 0 bridgehead atoms. The molecule has 0 unspecified atom stereocenters. The number of ether oxygens (including phenoxy) is 2. The molecule has 0 heterocycles. The van der Waals surface area contributed by atoms with Crippen LogP contribution in [0.3, 0.4) is 0 Å². The lowest BCUT2D eigenvalue weighted by atomic mass is 10.1. The number of fused-ring (bicyclic) bond motifs is 1. The second kappa shape index (κ2) is 10.5. The summed E-state index contributed by atoms with van der Waals surface area (Å²) < 4.78 is 35.9. The number of anilines is 1. The average molecular weight is 504 g/mol. The summed E-state index contributed by atoms with van der Waals surface area (Å²) in [6, 6.07) is 24.3. The van der Waals surface area contributed by atoms with Crippen LogP contribution in [0, 0.1) is 0 Å². The highest BCUT2D eigenvalue weighted by molar-refractivity contribution is 7.89. The fourth-order valence-electron chi connectivity index (χ4n) is 3.56. The third-order valence-corrected chi connectivity index (χ3v) is 6.78. The summed E-state index contributed by atoms with van der Waals surface area (Å²) in [5.41, 5.74) is 2.15. The zero-order valence-electron chi connectivity index (χ0n) is 20.0. The number of benzene rings is 4. The lowest BCUT2D eigenvalue weighted by Crippen LogP contribution is -2.20. The van der Waals surface area contributed by atoms with Gasteiger partial charge in [-0.2, -0.15) is 18.4 Å². The molecule has 184 valence electrons. The standard InChI is InChI=1S/C27H25N3O5S/c1-18(29-30-36(32,33)24-14-10-20-6-4-5-7-21(20)16-24)19-8-12-23(13-9-19)28-27(31)22-11-15-25(34-2)26(17-22)35-3/h4-17,30H,1-3H3,(H,28,31). The molecule has 2 N–H and O–H groups in total. The molecule has 8 nitrogen and oxygen atoms in total. The van der Waals surface area contributed by atoms with E-state index in [0.29, 0.717) is 34.0 Å². The summed E-state index contributed by atoms with van der Waals surface area (Å²) in [5.74, 6) is 0.681. The molecule has 9 heteroatoms. The molecule has 0 radical (unpaired) electrons. The number of sulfonamides is 1. The number of nitrogens with one attached hydrogen (secondary N) is 2. The normalized spacial score (nSPS) is 11.7. The molecule has 0 atom stereocenters. The number of amides is 1. The largest absolute Gasteiger partial charge is 0.493 e. The third-order valence-electron chi connectivity index (χ3n) is 5.57. The van der Waals surface area contributed by atoms with Crippen LogP contribution >= 0.6 is 0 Å². The van der Waals surface area contributed by atoms with Gasteiger partial charge in [0.25, 0.3) is 15.9 Å². The summed E-state index contributed by atoms with van der Waals surface area (Å²) >= 11 is 0. The summed E-state index contributed by atoms with van der Waals surface area (Å²) in [4.78, 5) is 15.0. The first-order valence-corrected chi connectivity index (χ1v) is 12.5. The fraction of sp³-hybridized carbons (Fsp3) is 0.111. The van der Waals surface area contributed by atoms with E-state index in [9.17, 15) is 13.2 Å². The Labute approximate surface area is 209 Å². The van der Waals surface area contributed by atoms with Crippen LogP contribution in [0.2, 0.25) is 0 Å². The van der Waals surface area contributed by atoms with Gasteiger partial charge in [-0.1, -0.05) is 42.5 Å². The minimum Gasteiger partial charge on any atom is -0.493 e. The van der Waals surface area contributed by atoms with Crippen LogP contribution in [0.5, 0.6) is 11.5 Å². The van der Waals surface area contributed by atoms with Gasteiger partial charge in [-0.15, -0.1) is 0 Å². The predicted octanol–water partition coefficient (Wildman–Crippen LogP) is 4.81. The minimum absolute atomic E-state index is 0.131. The smallest absolute Gasteiger partial charge is 0.276 e. The average Bonchev–Trinajstić information content (AvgIpc) is 2.91. The molecule has 0 saturated heterocycles. The van der Waals surface area contributed by atoms with Crippen molar-refractivity contribution in [2.75, 3.05) is 19.5 Å². The van der Waals surface area contributed by atoms with Gasteiger partial charge >= 0.3 is 0 Å². The molecule has 4 aromatic rings. The van der Waals surface area contributed by atoms with Crippen molar-refractivity contribution in [3.05, 3.63) is 96.1 Å². The van der Waals surface area contributed by atoms with E-state index in [0.717, 1.165) is 10.8 Å². The quantitative estimate of drug-likeness (QED) is 0.265. The number of hydrogen-bond acceptors (Lipinski definition) is 6. The summed E-state index contributed by atoms with van der Waals surface area (Å²) in [6.45, 7) is 1.69. The maximum absolute atomic E-state index is 12.7. The van der Waals surface area contributed by atoms with Crippen LogP contribution in [0.4, 0.5) is 5.69 Å². The molecule has 36 heavy (non-hydrogen) atoms. The second-order valence-corrected chi connectivity index (χ2v) is 9.56. The van der Waals surface area contributed by atoms with E-state index in [1.165, 1.54) is 14.2 Å². The van der Waals surface area contributed by atoms with E-state index >= 15 is 0 Å². The molecule has 0 saturated carbocycles. The van der Waals surface area contributed by atoms with Crippen molar-refractivity contribution in [3.63, 3.8) is 0 Å².